The summed E-state index contributed by atoms with van der Waals surface area (Å²) in [4.78, 5) is 15.6. The molecule has 0 aliphatic carbocycles. The molecule has 0 N–H and O–H groups in total. The Kier molecular flexibility index (Phi) is 3.94. The van der Waals surface area contributed by atoms with Gasteiger partial charge in [-0.15, -0.1) is 11.3 Å². The van der Waals surface area contributed by atoms with Crippen molar-refractivity contribution < 1.29 is 4.79 Å². The lowest BCUT2D eigenvalue weighted by Gasteiger charge is -2.17. The van der Waals surface area contributed by atoms with E-state index in [4.69, 9.17) is 5.10 Å². The Bertz CT molecular complexity index is 1170. The van der Waals surface area contributed by atoms with Gasteiger partial charge in [-0.05, 0) is 54.6 Å². The first-order chi connectivity index (χ1) is 13.6. The van der Waals surface area contributed by atoms with E-state index in [1.165, 1.54) is 16.9 Å². The highest BCUT2D eigenvalue weighted by Crippen LogP contribution is 2.32. The molecule has 1 aliphatic heterocycles. The van der Waals surface area contributed by atoms with Crippen LogP contribution in [0.25, 0.3) is 11.5 Å². The topological polar surface area (TPSA) is 43.1 Å². The maximum absolute atomic E-state index is 12.9. The second kappa shape index (κ2) is 6.49. The predicted octanol–water partition coefficient (Wildman–Crippen LogP) is 4.50. The summed E-state index contributed by atoms with van der Waals surface area (Å²) in [5, 5.41) is 6.93. The van der Waals surface area contributed by atoms with Crippen molar-refractivity contribution in [2.75, 3.05) is 0 Å². The third kappa shape index (κ3) is 2.68. The average Bonchev–Trinajstić information content (AvgIpc) is 3.45. The number of aromatic nitrogens is 3. The number of aryl methyl sites for hydroxylation is 2. The molecule has 4 heterocycles. The fraction of sp³-hybridized carbons (Fsp3) is 0.182. The molecule has 4 aromatic rings. The van der Waals surface area contributed by atoms with E-state index in [0.29, 0.717) is 13.1 Å². The van der Waals surface area contributed by atoms with E-state index in [1.54, 1.807) is 0 Å². The van der Waals surface area contributed by atoms with E-state index < -0.39 is 0 Å². The molecular weight excluding hydrogens is 368 g/mol. The summed E-state index contributed by atoms with van der Waals surface area (Å²) in [5.74, 6) is 1.09. The lowest BCUT2D eigenvalue weighted by molar-refractivity contribution is 0.0754. The van der Waals surface area contributed by atoms with Crippen LogP contribution in [0.1, 0.15) is 32.1 Å². The first-order valence-corrected chi connectivity index (χ1v) is 10.1. The summed E-state index contributed by atoms with van der Waals surface area (Å²) < 4.78 is 4.10. The van der Waals surface area contributed by atoms with Crippen LogP contribution >= 0.6 is 11.3 Å². The first-order valence-electron chi connectivity index (χ1n) is 9.26. The molecule has 5 nitrogen and oxygen atoms in total. The molecule has 0 saturated carbocycles. The van der Waals surface area contributed by atoms with Crippen molar-refractivity contribution in [3.05, 3.63) is 87.5 Å². The molecule has 0 fully saturated rings. The van der Waals surface area contributed by atoms with Gasteiger partial charge >= 0.3 is 0 Å². The van der Waals surface area contributed by atoms with Crippen LogP contribution in [0, 0.1) is 13.8 Å². The van der Waals surface area contributed by atoms with Gasteiger partial charge in [0.05, 0.1) is 29.3 Å². The van der Waals surface area contributed by atoms with E-state index in [2.05, 4.69) is 23.6 Å². The Balaban J connectivity index is 1.57. The Morgan fingerprint density at radius 1 is 1.07 bits per heavy atom. The number of amides is 1. The van der Waals surface area contributed by atoms with Crippen molar-refractivity contribution in [1.29, 1.82) is 0 Å². The van der Waals surface area contributed by atoms with E-state index in [1.807, 2.05) is 64.6 Å². The maximum Gasteiger partial charge on any atom is 0.264 e. The molecule has 0 saturated heterocycles. The van der Waals surface area contributed by atoms with Gasteiger partial charge in [0.1, 0.15) is 5.82 Å². The van der Waals surface area contributed by atoms with Crippen molar-refractivity contribution in [2.24, 2.45) is 0 Å². The van der Waals surface area contributed by atoms with Crippen LogP contribution in [0.3, 0.4) is 0 Å². The molecule has 0 spiro atoms. The number of fused-ring (bicyclic) bond motifs is 1. The Morgan fingerprint density at radius 3 is 2.57 bits per heavy atom. The summed E-state index contributed by atoms with van der Waals surface area (Å²) in [6.07, 6.45) is 4.05. The second-order valence-electron chi connectivity index (χ2n) is 7.19. The van der Waals surface area contributed by atoms with Crippen LogP contribution < -0.4 is 0 Å². The van der Waals surface area contributed by atoms with Gasteiger partial charge in [-0.2, -0.15) is 5.10 Å². The summed E-state index contributed by atoms with van der Waals surface area (Å²) in [6, 6.07) is 14.2. The van der Waals surface area contributed by atoms with Crippen molar-refractivity contribution in [2.45, 2.75) is 26.9 Å². The van der Waals surface area contributed by atoms with Crippen molar-refractivity contribution in [3.8, 4) is 11.5 Å². The summed E-state index contributed by atoms with van der Waals surface area (Å²) in [7, 11) is 0. The molecule has 0 atom stereocenters. The van der Waals surface area contributed by atoms with Crippen LogP contribution in [-0.4, -0.2) is 25.2 Å². The van der Waals surface area contributed by atoms with Gasteiger partial charge in [0, 0.05) is 18.0 Å². The zero-order chi connectivity index (χ0) is 19.3. The molecule has 5 rings (SSSR count). The Morgan fingerprint density at radius 2 is 1.86 bits per heavy atom. The van der Waals surface area contributed by atoms with E-state index in [-0.39, 0.29) is 5.91 Å². The summed E-state index contributed by atoms with van der Waals surface area (Å²) >= 11 is 1.51. The minimum absolute atomic E-state index is 0.0806. The molecule has 28 heavy (non-hydrogen) atoms. The van der Waals surface area contributed by atoms with Crippen molar-refractivity contribution in [3.63, 3.8) is 0 Å². The predicted molar refractivity (Wildman–Crippen MR) is 110 cm³/mol. The number of hydrogen-bond acceptors (Lipinski definition) is 3. The number of thiophene rings is 1. The number of hydrogen-bond donors (Lipinski definition) is 0. The van der Waals surface area contributed by atoms with Gasteiger partial charge < -0.3 is 9.47 Å². The van der Waals surface area contributed by atoms with Crippen LogP contribution in [0.15, 0.2) is 60.2 Å². The zero-order valence-corrected chi connectivity index (χ0v) is 16.6. The molecule has 0 radical (unpaired) electrons. The highest BCUT2D eigenvalue weighted by atomic mass is 32.1. The first kappa shape index (κ1) is 17.0. The molecular formula is C22H20N4OS. The largest absolute Gasteiger partial charge is 0.327 e. The third-order valence-corrected chi connectivity index (χ3v) is 6.19. The molecule has 1 aromatic carbocycles. The number of rotatable bonds is 3. The lowest BCUT2D eigenvalue weighted by atomic mass is 10.2. The number of carbonyl (C=O) groups is 1. The molecule has 1 amide bonds. The molecule has 3 aromatic heterocycles. The molecule has 0 unspecified atom stereocenters. The molecule has 140 valence electrons. The lowest BCUT2D eigenvalue weighted by Crippen LogP contribution is -2.25. The Hall–Kier alpha value is -3.12. The fourth-order valence-corrected chi connectivity index (χ4v) is 4.62. The monoisotopic (exact) mass is 388 g/mol. The smallest absolute Gasteiger partial charge is 0.264 e. The van der Waals surface area contributed by atoms with E-state index in [9.17, 15) is 4.79 Å². The summed E-state index contributed by atoms with van der Waals surface area (Å²) in [6.45, 7) is 5.22. The quantitative estimate of drug-likeness (QED) is 0.519. The number of carbonyl (C=O) groups excluding carboxylic acids is 1. The second-order valence-corrected chi connectivity index (χ2v) is 8.10. The average molecular weight is 388 g/mol. The zero-order valence-electron chi connectivity index (χ0n) is 15.8. The van der Waals surface area contributed by atoms with E-state index in [0.717, 1.165) is 33.2 Å². The van der Waals surface area contributed by atoms with Crippen LogP contribution in [0.4, 0.5) is 0 Å². The van der Waals surface area contributed by atoms with Crippen molar-refractivity contribution in [1.82, 2.24) is 19.2 Å². The van der Waals surface area contributed by atoms with Gasteiger partial charge in [-0.25, -0.2) is 4.68 Å². The highest BCUT2D eigenvalue weighted by molar-refractivity contribution is 7.12. The minimum atomic E-state index is 0.0806. The third-order valence-electron chi connectivity index (χ3n) is 5.15. The number of nitrogens with zero attached hydrogens (tertiary/aromatic N) is 4. The van der Waals surface area contributed by atoms with Gasteiger partial charge in [-0.3, -0.25) is 4.79 Å². The van der Waals surface area contributed by atoms with E-state index >= 15 is 0 Å². The summed E-state index contributed by atoms with van der Waals surface area (Å²) in [5.41, 5.74) is 5.43. The fourth-order valence-electron chi connectivity index (χ4n) is 3.75. The van der Waals surface area contributed by atoms with Gasteiger partial charge in [-0.1, -0.05) is 18.2 Å². The minimum Gasteiger partial charge on any atom is -0.327 e. The molecule has 0 bridgehead atoms. The standard InChI is InChI=1S/C22H20N4OS/c1-15-11-20(28-14-15)22(27)25-12-17-18(13-25)23-26(19-8-4-3-7-16(19)2)21(17)24-9-5-6-10-24/h3-11,14H,12-13H2,1-2H3. The number of benzene rings is 1. The van der Waals surface area contributed by atoms with Crippen LogP contribution in [0.5, 0.6) is 0 Å². The number of para-hydroxylation sites is 1. The normalized spacial score (nSPS) is 13.1. The van der Waals surface area contributed by atoms with Crippen LogP contribution in [0.2, 0.25) is 0 Å². The van der Waals surface area contributed by atoms with Gasteiger partial charge in [0.2, 0.25) is 0 Å². The van der Waals surface area contributed by atoms with Gasteiger partial charge in [0.15, 0.2) is 0 Å². The molecule has 1 aliphatic rings. The van der Waals surface area contributed by atoms with Crippen molar-refractivity contribution >= 4 is 17.2 Å². The molecule has 6 heteroatoms. The highest BCUT2D eigenvalue weighted by Gasteiger charge is 2.32. The maximum atomic E-state index is 12.9. The van der Waals surface area contributed by atoms with Gasteiger partial charge in [0.25, 0.3) is 5.91 Å². The van der Waals surface area contributed by atoms with Crippen LogP contribution in [-0.2, 0) is 13.1 Å². The Labute approximate surface area is 167 Å². The SMILES string of the molecule is Cc1csc(C(=O)N2Cc3nn(-c4ccccc4C)c(-n4cccc4)c3C2)c1.